The second-order valence-corrected chi connectivity index (χ2v) is 6.41. The summed E-state index contributed by atoms with van der Waals surface area (Å²) < 4.78 is 5.59. The summed E-state index contributed by atoms with van der Waals surface area (Å²) in [4.78, 5) is 2.56. The van der Waals surface area contributed by atoms with E-state index in [1.54, 1.807) is 0 Å². The Morgan fingerprint density at radius 2 is 1.94 bits per heavy atom. The van der Waals surface area contributed by atoms with Crippen molar-refractivity contribution in [3.05, 3.63) is 0 Å². The lowest BCUT2D eigenvalue weighted by molar-refractivity contribution is -0.0165. The molecule has 0 aromatic rings. The van der Waals surface area contributed by atoms with Crippen LogP contribution in [0.15, 0.2) is 0 Å². The lowest BCUT2D eigenvalue weighted by atomic mass is 9.78. The van der Waals surface area contributed by atoms with Crippen LogP contribution in [0, 0.1) is 5.92 Å². The van der Waals surface area contributed by atoms with Gasteiger partial charge in [-0.3, -0.25) is 4.90 Å². The maximum absolute atomic E-state index is 6.13. The number of methoxy groups -OCH3 is 1. The highest BCUT2D eigenvalue weighted by molar-refractivity contribution is 4.96. The second-order valence-electron chi connectivity index (χ2n) is 6.41. The summed E-state index contributed by atoms with van der Waals surface area (Å²) in [5.74, 6) is 0.904. The van der Waals surface area contributed by atoms with Crippen LogP contribution in [-0.2, 0) is 4.74 Å². The van der Waals surface area contributed by atoms with Gasteiger partial charge in [0.05, 0.1) is 6.10 Å². The van der Waals surface area contributed by atoms with Gasteiger partial charge in [0.25, 0.3) is 0 Å². The Bertz CT molecular complexity index is 253. The van der Waals surface area contributed by atoms with E-state index in [-0.39, 0.29) is 5.54 Å². The third-order valence-corrected chi connectivity index (χ3v) is 5.31. The summed E-state index contributed by atoms with van der Waals surface area (Å²) in [5, 5.41) is 0. The zero-order chi connectivity index (χ0) is 13.0. The molecule has 3 nitrogen and oxygen atoms in total. The molecule has 0 aliphatic heterocycles. The molecular formula is C15H30N2O. The van der Waals surface area contributed by atoms with Crippen molar-refractivity contribution in [2.45, 2.75) is 63.0 Å². The molecule has 2 aliphatic rings. The first-order chi connectivity index (χ1) is 8.70. The normalized spacial score (nSPS) is 34.3. The molecule has 0 spiro atoms. The highest BCUT2D eigenvalue weighted by atomic mass is 16.5. The van der Waals surface area contributed by atoms with Crippen LogP contribution < -0.4 is 5.73 Å². The predicted molar refractivity (Wildman–Crippen MR) is 75.6 cm³/mol. The zero-order valence-electron chi connectivity index (χ0n) is 12.2. The summed E-state index contributed by atoms with van der Waals surface area (Å²) in [6, 6.07) is 0. The molecule has 0 bridgehead atoms. The molecule has 106 valence electrons. The fourth-order valence-electron chi connectivity index (χ4n) is 3.95. The number of ether oxygens (including phenoxy) is 1. The Labute approximate surface area is 112 Å². The van der Waals surface area contributed by atoms with Crippen molar-refractivity contribution < 1.29 is 4.74 Å². The number of hydrogen-bond acceptors (Lipinski definition) is 3. The van der Waals surface area contributed by atoms with Crippen molar-refractivity contribution in [2.24, 2.45) is 11.7 Å². The minimum atomic E-state index is 0.196. The molecule has 0 saturated heterocycles. The standard InChI is InChI=1S/C15H30N2O/c1-17(11-13-6-3-4-7-13)15(12-16)9-5-8-14(10-15)18-2/h13-14H,3-12,16H2,1-2H3. The molecule has 0 radical (unpaired) electrons. The monoisotopic (exact) mass is 254 g/mol. The Morgan fingerprint density at radius 3 is 2.56 bits per heavy atom. The molecular weight excluding hydrogens is 224 g/mol. The smallest absolute Gasteiger partial charge is 0.0589 e. The molecule has 2 aliphatic carbocycles. The van der Waals surface area contributed by atoms with E-state index in [4.69, 9.17) is 10.5 Å². The van der Waals surface area contributed by atoms with E-state index < -0.39 is 0 Å². The SMILES string of the molecule is COC1CCCC(CN)(N(C)CC2CCCC2)C1. The van der Waals surface area contributed by atoms with Crippen LogP contribution in [0.2, 0.25) is 0 Å². The van der Waals surface area contributed by atoms with Crippen molar-refractivity contribution in [1.82, 2.24) is 4.90 Å². The van der Waals surface area contributed by atoms with Gasteiger partial charge in [0, 0.05) is 25.7 Å². The van der Waals surface area contributed by atoms with Crippen LogP contribution in [-0.4, -0.2) is 43.8 Å². The van der Waals surface area contributed by atoms with Gasteiger partial charge < -0.3 is 10.5 Å². The van der Waals surface area contributed by atoms with Gasteiger partial charge in [-0.2, -0.15) is 0 Å². The molecule has 2 atom stereocenters. The Kier molecular flexibility index (Phi) is 5.05. The lowest BCUT2D eigenvalue weighted by Crippen LogP contribution is -2.56. The number of rotatable bonds is 5. The largest absolute Gasteiger partial charge is 0.381 e. The van der Waals surface area contributed by atoms with Gasteiger partial charge in [-0.15, -0.1) is 0 Å². The summed E-state index contributed by atoms with van der Waals surface area (Å²) >= 11 is 0. The topological polar surface area (TPSA) is 38.5 Å². The summed E-state index contributed by atoms with van der Waals surface area (Å²) in [7, 11) is 4.12. The summed E-state index contributed by atoms with van der Waals surface area (Å²) in [6.45, 7) is 2.00. The molecule has 0 aromatic carbocycles. The van der Waals surface area contributed by atoms with Crippen LogP contribution in [0.3, 0.4) is 0 Å². The van der Waals surface area contributed by atoms with E-state index in [2.05, 4.69) is 11.9 Å². The fraction of sp³-hybridized carbons (Fsp3) is 1.00. The first kappa shape index (κ1) is 14.3. The van der Waals surface area contributed by atoms with Crippen LogP contribution in [0.4, 0.5) is 0 Å². The maximum atomic E-state index is 6.13. The van der Waals surface area contributed by atoms with Crippen LogP contribution in [0.1, 0.15) is 51.4 Å². The number of hydrogen-bond donors (Lipinski definition) is 1. The van der Waals surface area contributed by atoms with Crippen LogP contribution >= 0.6 is 0 Å². The highest BCUT2D eigenvalue weighted by Crippen LogP contribution is 2.35. The Balaban J connectivity index is 1.96. The molecule has 2 rings (SSSR count). The lowest BCUT2D eigenvalue weighted by Gasteiger charge is -2.47. The Morgan fingerprint density at radius 1 is 1.22 bits per heavy atom. The van der Waals surface area contributed by atoms with E-state index in [0.29, 0.717) is 6.10 Å². The van der Waals surface area contributed by atoms with Crippen molar-refractivity contribution in [3.8, 4) is 0 Å². The average Bonchev–Trinajstić information content (AvgIpc) is 2.91. The van der Waals surface area contributed by atoms with Crippen molar-refractivity contribution in [2.75, 3.05) is 27.2 Å². The molecule has 2 N–H and O–H groups in total. The van der Waals surface area contributed by atoms with Crippen LogP contribution in [0.25, 0.3) is 0 Å². The quantitative estimate of drug-likeness (QED) is 0.819. The van der Waals surface area contributed by atoms with Gasteiger partial charge in [-0.25, -0.2) is 0 Å². The first-order valence-electron chi connectivity index (χ1n) is 7.64. The van der Waals surface area contributed by atoms with Crippen molar-refractivity contribution >= 4 is 0 Å². The van der Waals surface area contributed by atoms with Gasteiger partial charge in [0.15, 0.2) is 0 Å². The highest BCUT2D eigenvalue weighted by Gasteiger charge is 2.39. The number of nitrogens with two attached hydrogens (primary N) is 1. The van der Waals surface area contributed by atoms with Gasteiger partial charge in [-0.05, 0) is 51.5 Å². The fourth-order valence-corrected chi connectivity index (χ4v) is 3.95. The molecule has 2 unspecified atom stereocenters. The predicted octanol–water partition coefficient (Wildman–Crippen LogP) is 2.39. The summed E-state index contributed by atoms with van der Waals surface area (Å²) in [6.07, 6.45) is 10.9. The minimum absolute atomic E-state index is 0.196. The molecule has 0 amide bonds. The van der Waals surface area contributed by atoms with Gasteiger partial charge in [-0.1, -0.05) is 12.8 Å². The third-order valence-electron chi connectivity index (χ3n) is 5.31. The number of nitrogens with zero attached hydrogens (tertiary/aromatic N) is 1. The zero-order valence-corrected chi connectivity index (χ0v) is 12.2. The Hall–Kier alpha value is -0.120. The maximum Gasteiger partial charge on any atom is 0.0589 e. The first-order valence-corrected chi connectivity index (χ1v) is 7.64. The van der Waals surface area contributed by atoms with Gasteiger partial charge >= 0.3 is 0 Å². The summed E-state index contributed by atoms with van der Waals surface area (Å²) in [5.41, 5.74) is 6.33. The van der Waals surface area contributed by atoms with Crippen LogP contribution in [0.5, 0.6) is 0 Å². The molecule has 2 saturated carbocycles. The molecule has 18 heavy (non-hydrogen) atoms. The van der Waals surface area contributed by atoms with Crippen molar-refractivity contribution in [1.29, 1.82) is 0 Å². The van der Waals surface area contributed by atoms with E-state index in [1.165, 1.54) is 51.5 Å². The molecule has 0 aromatic heterocycles. The third kappa shape index (κ3) is 3.06. The molecule has 0 heterocycles. The second kappa shape index (κ2) is 6.36. The van der Waals surface area contributed by atoms with E-state index in [1.807, 2.05) is 7.11 Å². The average molecular weight is 254 g/mol. The molecule has 2 fully saturated rings. The minimum Gasteiger partial charge on any atom is -0.381 e. The van der Waals surface area contributed by atoms with E-state index in [0.717, 1.165) is 18.9 Å². The number of likely N-dealkylation sites (N-methyl/N-ethyl adjacent to an activating group) is 1. The molecule has 3 heteroatoms. The van der Waals surface area contributed by atoms with E-state index >= 15 is 0 Å². The van der Waals surface area contributed by atoms with Gasteiger partial charge in [0.1, 0.15) is 0 Å². The van der Waals surface area contributed by atoms with Gasteiger partial charge in [0.2, 0.25) is 0 Å². The van der Waals surface area contributed by atoms with E-state index in [9.17, 15) is 0 Å². The van der Waals surface area contributed by atoms with Crippen molar-refractivity contribution in [3.63, 3.8) is 0 Å².